The van der Waals surface area contributed by atoms with E-state index < -0.39 is 0 Å². The van der Waals surface area contributed by atoms with Crippen LogP contribution in [0.15, 0.2) is 67.3 Å². The maximum absolute atomic E-state index is 12.5. The summed E-state index contributed by atoms with van der Waals surface area (Å²) in [6.07, 6.45) is 5.48. The van der Waals surface area contributed by atoms with Gasteiger partial charge in [-0.3, -0.25) is 9.59 Å². The van der Waals surface area contributed by atoms with Gasteiger partial charge in [0.05, 0.1) is 23.1 Å². The summed E-state index contributed by atoms with van der Waals surface area (Å²) in [5, 5.41) is 6.57. The van der Waals surface area contributed by atoms with Crippen LogP contribution in [0.25, 0.3) is 10.2 Å². The molecule has 0 aliphatic heterocycles. The molecule has 0 radical (unpaired) electrons. The summed E-state index contributed by atoms with van der Waals surface area (Å²) < 4.78 is 2.93. The van der Waals surface area contributed by atoms with Gasteiger partial charge in [0, 0.05) is 36.6 Å². The number of nitrogens with one attached hydrogen (secondary N) is 2. The maximum atomic E-state index is 12.5. The molecule has 2 aromatic heterocycles. The molecule has 146 valence electrons. The molecule has 7 nitrogen and oxygen atoms in total. The fourth-order valence-corrected chi connectivity index (χ4v) is 3.77. The summed E-state index contributed by atoms with van der Waals surface area (Å²) in [7, 11) is 0. The highest BCUT2D eigenvalue weighted by atomic mass is 32.1. The van der Waals surface area contributed by atoms with Gasteiger partial charge in [-0.1, -0.05) is 18.2 Å². The van der Waals surface area contributed by atoms with Crippen LogP contribution >= 0.6 is 11.3 Å². The third-order valence-corrected chi connectivity index (χ3v) is 5.34. The first-order valence-corrected chi connectivity index (χ1v) is 9.97. The summed E-state index contributed by atoms with van der Waals surface area (Å²) in [6, 6.07) is 14.8. The van der Waals surface area contributed by atoms with Crippen molar-refractivity contribution in [1.29, 1.82) is 0 Å². The lowest BCUT2D eigenvalue weighted by Gasteiger charge is -2.08. The van der Waals surface area contributed by atoms with Crippen LogP contribution < -0.4 is 10.6 Å². The number of hydrogen-bond acceptors (Lipinski definition) is 5. The highest BCUT2D eigenvalue weighted by Crippen LogP contribution is 2.21. The molecule has 0 bridgehead atoms. The van der Waals surface area contributed by atoms with Crippen molar-refractivity contribution in [3.8, 4) is 0 Å². The molecule has 0 saturated carbocycles. The molecule has 0 fully saturated rings. The third-order valence-electron chi connectivity index (χ3n) is 4.30. The SMILES string of the molecule is O=C(CCn1ccnc1)Nc1cccc(C(=O)NCc2nc3ccccc3s2)c1. The molecule has 2 heterocycles. The smallest absolute Gasteiger partial charge is 0.251 e. The molecule has 2 N–H and O–H groups in total. The minimum absolute atomic E-state index is 0.120. The monoisotopic (exact) mass is 405 g/mol. The second-order valence-electron chi connectivity index (χ2n) is 6.44. The molecule has 2 amide bonds. The zero-order valence-electron chi connectivity index (χ0n) is 15.5. The van der Waals surface area contributed by atoms with Crippen molar-refractivity contribution < 1.29 is 9.59 Å². The van der Waals surface area contributed by atoms with E-state index in [2.05, 4.69) is 20.6 Å². The number of fused-ring (bicyclic) bond motifs is 1. The summed E-state index contributed by atoms with van der Waals surface area (Å²) >= 11 is 1.56. The van der Waals surface area contributed by atoms with Crippen LogP contribution in [0.2, 0.25) is 0 Å². The molecule has 0 aliphatic carbocycles. The first kappa shape index (κ1) is 18.8. The van der Waals surface area contributed by atoms with E-state index in [-0.39, 0.29) is 11.8 Å². The summed E-state index contributed by atoms with van der Waals surface area (Å²) in [6.45, 7) is 0.911. The molecule has 0 aliphatic rings. The minimum Gasteiger partial charge on any atom is -0.346 e. The number of carbonyl (C=O) groups is 2. The number of nitrogens with zero attached hydrogens (tertiary/aromatic N) is 3. The molecular weight excluding hydrogens is 386 g/mol. The molecule has 4 aromatic rings. The van der Waals surface area contributed by atoms with Gasteiger partial charge in [-0.05, 0) is 30.3 Å². The molecule has 4 rings (SSSR count). The first-order valence-electron chi connectivity index (χ1n) is 9.16. The van der Waals surface area contributed by atoms with Gasteiger partial charge in [0.2, 0.25) is 5.91 Å². The zero-order chi connectivity index (χ0) is 20.1. The van der Waals surface area contributed by atoms with E-state index >= 15 is 0 Å². The molecule has 8 heteroatoms. The van der Waals surface area contributed by atoms with Crippen molar-refractivity contribution in [3.63, 3.8) is 0 Å². The number of rotatable bonds is 7. The highest BCUT2D eigenvalue weighted by Gasteiger charge is 2.10. The van der Waals surface area contributed by atoms with E-state index in [0.29, 0.717) is 30.8 Å². The van der Waals surface area contributed by atoms with Gasteiger partial charge in [-0.15, -0.1) is 11.3 Å². The number of carbonyl (C=O) groups excluding carboxylic acids is 2. The normalized spacial score (nSPS) is 10.8. The number of para-hydroxylation sites is 1. The predicted octanol–water partition coefficient (Wildman–Crippen LogP) is 3.45. The van der Waals surface area contributed by atoms with Gasteiger partial charge in [-0.25, -0.2) is 9.97 Å². The highest BCUT2D eigenvalue weighted by molar-refractivity contribution is 7.18. The van der Waals surface area contributed by atoms with Crippen LogP contribution in [0, 0.1) is 0 Å². The Balaban J connectivity index is 1.33. The summed E-state index contributed by atoms with van der Waals surface area (Å²) in [5.74, 6) is -0.329. The molecule has 0 spiro atoms. The number of thiazole rings is 1. The van der Waals surface area contributed by atoms with E-state index in [9.17, 15) is 9.59 Å². The summed E-state index contributed by atoms with van der Waals surface area (Å²) in [4.78, 5) is 33.1. The van der Waals surface area contributed by atoms with Crippen molar-refractivity contribution in [1.82, 2.24) is 19.9 Å². The number of aromatic nitrogens is 3. The van der Waals surface area contributed by atoms with Gasteiger partial charge in [0.25, 0.3) is 5.91 Å². The van der Waals surface area contributed by atoms with E-state index in [1.165, 1.54) is 0 Å². The number of benzene rings is 2. The number of aryl methyl sites for hydroxylation is 1. The Morgan fingerprint density at radius 1 is 1.10 bits per heavy atom. The lowest BCUT2D eigenvalue weighted by molar-refractivity contribution is -0.116. The Hall–Kier alpha value is -3.52. The minimum atomic E-state index is -0.209. The molecule has 29 heavy (non-hydrogen) atoms. The fraction of sp³-hybridized carbons (Fsp3) is 0.143. The van der Waals surface area contributed by atoms with E-state index in [1.807, 2.05) is 35.0 Å². The van der Waals surface area contributed by atoms with Gasteiger partial charge >= 0.3 is 0 Å². The number of hydrogen-bond donors (Lipinski definition) is 2. The van der Waals surface area contributed by atoms with E-state index in [1.54, 1.807) is 48.1 Å². The Bertz CT molecular complexity index is 1100. The van der Waals surface area contributed by atoms with Crippen LogP contribution in [0.1, 0.15) is 21.8 Å². The molecule has 0 atom stereocenters. The van der Waals surface area contributed by atoms with Crippen LogP contribution in [0.4, 0.5) is 5.69 Å². The van der Waals surface area contributed by atoms with Crippen molar-refractivity contribution >= 4 is 39.1 Å². The average molecular weight is 405 g/mol. The predicted molar refractivity (Wildman–Crippen MR) is 113 cm³/mol. The van der Waals surface area contributed by atoms with Crippen LogP contribution in [0.5, 0.6) is 0 Å². The van der Waals surface area contributed by atoms with E-state index in [0.717, 1.165) is 15.2 Å². The number of anilines is 1. The van der Waals surface area contributed by atoms with Gasteiger partial charge in [0.1, 0.15) is 5.01 Å². The van der Waals surface area contributed by atoms with Crippen molar-refractivity contribution in [2.45, 2.75) is 19.5 Å². The third kappa shape index (κ3) is 4.85. The maximum Gasteiger partial charge on any atom is 0.251 e. The Morgan fingerprint density at radius 3 is 2.83 bits per heavy atom. The Kier molecular flexibility index (Phi) is 5.62. The quantitative estimate of drug-likeness (QED) is 0.493. The Labute approximate surface area is 171 Å². The molecule has 2 aromatic carbocycles. The topological polar surface area (TPSA) is 88.9 Å². The average Bonchev–Trinajstić information content (AvgIpc) is 3.40. The van der Waals surface area contributed by atoms with Gasteiger partial charge < -0.3 is 15.2 Å². The van der Waals surface area contributed by atoms with Crippen molar-refractivity contribution in [2.75, 3.05) is 5.32 Å². The molecule has 0 unspecified atom stereocenters. The number of imidazole rings is 1. The van der Waals surface area contributed by atoms with Crippen molar-refractivity contribution in [2.24, 2.45) is 0 Å². The van der Waals surface area contributed by atoms with Crippen LogP contribution in [0.3, 0.4) is 0 Å². The van der Waals surface area contributed by atoms with Gasteiger partial charge in [0.15, 0.2) is 0 Å². The fourth-order valence-electron chi connectivity index (χ4n) is 2.86. The molecular formula is C21H19N5O2S. The second-order valence-corrected chi connectivity index (χ2v) is 7.55. The van der Waals surface area contributed by atoms with Crippen LogP contribution in [-0.2, 0) is 17.9 Å². The zero-order valence-corrected chi connectivity index (χ0v) is 16.4. The lowest BCUT2D eigenvalue weighted by Crippen LogP contribution is -2.23. The first-order chi connectivity index (χ1) is 14.2. The lowest BCUT2D eigenvalue weighted by atomic mass is 10.2. The van der Waals surface area contributed by atoms with E-state index in [4.69, 9.17) is 0 Å². The largest absolute Gasteiger partial charge is 0.346 e. The summed E-state index contributed by atoms with van der Waals surface area (Å²) in [5.41, 5.74) is 2.01. The number of amides is 2. The van der Waals surface area contributed by atoms with Crippen LogP contribution in [-0.4, -0.2) is 26.3 Å². The second kappa shape index (κ2) is 8.66. The Morgan fingerprint density at radius 2 is 2.00 bits per heavy atom. The van der Waals surface area contributed by atoms with Crippen molar-refractivity contribution in [3.05, 3.63) is 77.8 Å². The van der Waals surface area contributed by atoms with Gasteiger partial charge in [-0.2, -0.15) is 0 Å². The molecule has 0 saturated heterocycles. The standard InChI is InChI=1S/C21H19N5O2S/c27-19(8-10-26-11-9-22-14-26)24-16-5-3-4-15(12-16)21(28)23-13-20-25-17-6-1-2-7-18(17)29-20/h1-7,9,11-12,14H,8,10,13H2,(H,23,28)(H,24,27).